The minimum absolute atomic E-state index is 0.0888. The van der Waals surface area contributed by atoms with E-state index in [0.29, 0.717) is 6.04 Å². The van der Waals surface area contributed by atoms with Crippen LogP contribution in [0.4, 0.5) is 5.69 Å². The second-order valence-electron chi connectivity index (χ2n) is 7.91. The van der Waals surface area contributed by atoms with Crippen molar-refractivity contribution in [3.8, 4) is 5.75 Å². The van der Waals surface area contributed by atoms with Crippen LogP contribution in [0, 0.1) is 0 Å². The van der Waals surface area contributed by atoms with E-state index in [-0.39, 0.29) is 5.41 Å². The van der Waals surface area contributed by atoms with Gasteiger partial charge in [0.05, 0.1) is 12.8 Å². The van der Waals surface area contributed by atoms with Gasteiger partial charge in [0.15, 0.2) is 0 Å². The number of nitrogens with two attached hydrogens (primary N) is 1. The molecule has 1 aliphatic heterocycles. The van der Waals surface area contributed by atoms with Gasteiger partial charge in [0.1, 0.15) is 5.75 Å². The van der Waals surface area contributed by atoms with E-state index in [2.05, 4.69) is 56.6 Å². The highest BCUT2D eigenvalue weighted by Gasteiger charge is 2.22. The highest BCUT2D eigenvalue weighted by Crippen LogP contribution is 2.34. The predicted molar refractivity (Wildman–Crippen MR) is 98.1 cm³/mol. The van der Waals surface area contributed by atoms with Gasteiger partial charge >= 0.3 is 0 Å². The summed E-state index contributed by atoms with van der Waals surface area (Å²) in [5, 5.41) is 0. The van der Waals surface area contributed by atoms with Crippen LogP contribution in [0.1, 0.15) is 45.7 Å². The van der Waals surface area contributed by atoms with Crippen molar-refractivity contribution in [2.45, 2.75) is 52.6 Å². The van der Waals surface area contributed by atoms with Crippen molar-refractivity contribution >= 4 is 5.69 Å². The number of methoxy groups -OCH3 is 1. The van der Waals surface area contributed by atoms with Crippen LogP contribution in [0.25, 0.3) is 0 Å². The van der Waals surface area contributed by atoms with Crippen molar-refractivity contribution in [2.24, 2.45) is 0 Å². The molecule has 0 amide bonds. The zero-order chi connectivity index (χ0) is 17.2. The molecule has 0 saturated carbocycles. The number of piperazine rings is 1. The third-order valence-electron chi connectivity index (χ3n) is 4.80. The Balaban J connectivity index is 2.17. The van der Waals surface area contributed by atoms with E-state index in [9.17, 15) is 0 Å². The average Bonchev–Trinajstić information content (AvgIpc) is 2.46. The molecule has 0 aromatic heterocycles. The second kappa shape index (κ2) is 7.10. The lowest BCUT2D eigenvalue weighted by molar-refractivity contribution is 0.103. The smallest absolute Gasteiger partial charge is 0.146 e. The van der Waals surface area contributed by atoms with Gasteiger partial charge < -0.3 is 10.5 Å². The molecular formula is C19H33N3O. The number of benzene rings is 1. The van der Waals surface area contributed by atoms with Crippen molar-refractivity contribution < 1.29 is 4.74 Å². The summed E-state index contributed by atoms with van der Waals surface area (Å²) in [6.45, 7) is 16.6. The Hall–Kier alpha value is -1.26. The van der Waals surface area contributed by atoms with Gasteiger partial charge in [-0.05, 0) is 30.9 Å². The summed E-state index contributed by atoms with van der Waals surface area (Å²) in [5.41, 5.74) is 9.55. The van der Waals surface area contributed by atoms with Crippen LogP contribution < -0.4 is 10.5 Å². The SMILES string of the molecule is COc1c(N)cc(C(C)(C)C)cc1CN1CCN(C(C)C)CC1. The topological polar surface area (TPSA) is 41.7 Å². The van der Waals surface area contributed by atoms with Gasteiger partial charge in [0.2, 0.25) is 0 Å². The Morgan fingerprint density at radius 2 is 1.74 bits per heavy atom. The highest BCUT2D eigenvalue weighted by molar-refractivity contribution is 5.60. The fraction of sp³-hybridized carbons (Fsp3) is 0.684. The van der Waals surface area contributed by atoms with E-state index in [1.165, 1.54) is 11.1 Å². The fourth-order valence-electron chi connectivity index (χ4n) is 3.19. The molecule has 0 aliphatic carbocycles. The van der Waals surface area contributed by atoms with E-state index in [0.717, 1.165) is 44.2 Å². The largest absolute Gasteiger partial charge is 0.494 e. The van der Waals surface area contributed by atoms with Gasteiger partial charge in [-0.25, -0.2) is 0 Å². The molecule has 1 heterocycles. The molecule has 0 spiro atoms. The quantitative estimate of drug-likeness (QED) is 0.866. The molecule has 1 saturated heterocycles. The van der Waals surface area contributed by atoms with Crippen LogP contribution >= 0.6 is 0 Å². The minimum Gasteiger partial charge on any atom is -0.494 e. The third kappa shape index (κ3) is 4.39. The number of ether oxygens (including phenoxy) is 1. The lowest BCUT2D eigenvalue weighted by Crippen LogP contribution is -2.48. The predicted octanol–water partition coefficient (Wildman–Crippen LogP) is 3.10. The molecule has 1 aromatic rings. The molecule has 23 heavy (non-hydrogen) atoms. The maximum Gasteiger partial charge on any atom is 0.146 e. The number of hydrogen-bond acceptors (Lipinski definition) is 4. The molecule has 0 atom stereocenters. The summed E-state index contributed by atoms with van der Waals surface area (Å²) in [6.07, 6.45) is 0. The van der Waals surface area contributed by atoms with E-state index in [1.807, 2.05) is 0 Å². The molecule has 0 bridgehead atoms. The Bertz CT molecular complexity index is 526. The summed E-state index contributed by atoms with van der Waals surface area (Å²) in [7, 11) is 1.71. The first-order valence-corrected chi connectivity index (χ1v) is 8.65. The lowest BCUT2D eigenvalue weighted by atomic mass is 9.85. The zero-order valence-corrected chi connectivity index (χ0v) is 15.6. The summed E-state index contributed by atoms with van der Waals surface area (Å²) in [6, 6.07) is 4.95. The minimum atomic E-state index is 0.0888. The van der Waals surface area contributed by atoms with E-state index in [1.54, 1.807) is 7.11 Å². The molecule has 0 radical (unpaired) electrons. The second-order valence-corrected chi connectivity index (χ2v) is 7.91. The van der Waals surface area contributed by atoms with Gasteiger partial charge in [0.25, 0.3) is 0 Å². The molecule has 1 fully saturated rings. The summed E-state index contributed by atoms with van der Waals surface area (Å²) in [5.74, 6) is 0.837. The Morgan fingerprint density at radius 3 is 2.22 bits per heavy atom. The Morgan fingerprint density at radius 1 is 1.13 bits per heavy atom. The van der Waals surface area contributed by atoms with Gasteiger partial charge in [-0.1, -0.05) is 26.8 Å². The van der Waals surface area contributed by atoms with Gasteiger partial charge in [-0.3, -0.25) is 9.80 Å². The highest BCUT2D eigenvalue weighted by atomic mass is 16.5. The van der Waals surface area contributed by atoms with E-state index >= 15 is 0 Å². The van der Waals surface area contributed by atoms with E-state index in [4.69, 9.17) is 10.5 Å². The van der Waals surface area contributed by atoms with Crippen LogP contribution in [0.15, 0.2) is 12.1 Å². The monoisotopic (exact) mass is 319 g/mol. The molecule has 4 nitrogen and oxygen atoms in total. The molecule has 130 valence electrons. The van der Waals surface area contributed by atoms with Crippen LogP contribution in [-0.4, -0.2) is 49.1 Å². The van der Waals surface area contributed by atoms with Gasteiger partial charge in [-0.15, -0.1) is 0 Å². The maximum absolute atomic E-state index is 6.24. The van der Waals surface area contributed by atoms with Crippen molar-refractivity contribution in [1.29, 1.82) is 0 Å². The van der Waals surface area contributed by atoms with Gasteiger partial charge in [0, 0.05) is 44.3 Å². The molecule has 1 aromatic carbocycles. The standard InChI is InChI=1S/C19H33N3O/c1-14(2)22-9-7-21(8-10-22)13-15-11-16(19(3,4)5)12-17(20)18(15)23-6/h11-12,14H,7-10,13,20H2,1-6H3. The summed E-state index contributed by atoms with van der Waals surface area (Å²) >= 11 is 0. The molecular weight excluding hydrogens is 286 g/mol. The molecule has 2 rings (SSSR count). The van der Waals surface area contributed by atoms with Crippen molar-refractivity contribution in [3.63, 3.8) is 0 Å². The Kier molecular flexibility index (Phi) is 5.58. The number of rotatable bonds is 4. The van der Waals surface area contributed by atoms with Crippen LogP contribution in [0.5, 0.6) is 5.75 Å². The van der Waals surface area contributed by atoms with Crippen LogP contribution in [0.3, 0.4) is 0 Å². The van der Waals surface area contributed by atoms with E-state index < -0.39 is 0 Å². The number of anilines is 1. The first kappa shape index (κ1) is 18.1. The summed E-state index contributed by atoms with van der Waals surface area (Å²) < 4.78 is 5.58. The number of nitrogens with zero attached hydrogens (tertiary/aromatic N) is 2. The zero-order valence-electron chi connectivity index (χ0n) is 15.6. The van der Waals surface area contributed by atoms with Crippen molar-refractivity contribution in [1.82, 2.24) is 9.80 Å². The molecule has 4 heteroatoms. The third-order valence-corrected chi connectivity index (χ3v) is 4.80. The lowest BCUT2D eigenvalue weighted by Gasteiger charge is -2.37. The first-order chi connectivity index (χ1) is 10.7. The molecule has 2 N–H and O–H groups in total. The van der Waals surface area contributed by atoms with Crippen molar-refractivity contribution in [3.05, 3.63) is 23.3 Å². The van der Waals surface area contributed by atoms with Crippen LogP contribution in [-0.2, 0) is 12.0 Å². The normalized spacial score (nSPS) is 17.7. The average molecular weight is 319 g/mol. The van der Waals surface area contributed by atoms with Gasteiger partial charge in [-0.2, -0.15) is 0 Å². The molecule has 1 aliphatic rings. The summed E-state index contributed by atoms with van der Waals surface area (Å²) in [4.78, 5) is 5.04. The number of nitrogen functional groups attached to an aromatic ring is 1. The fourth-order valence-corrected chi connectivity index (χ4v) is 3.19. The number of hydrogen-bond donors (Lipinski definition) is 1. The maximum atomic E-state index is 6.24. The first-order valence-electron chi connectivity index (χ1n) is 8.65. The Labute approximate surface area is 141 Å². The van der Waals surface area contributed by atoms with Crippen molar-refractivity contribution in [2.75, 3.05) is 39.0 Å². The van der Waals surface area contributed by atoms with Crippen LogP contribution in [0.2, 0.25) is 0 Å². The molecule has 0 unspecified atom stereocenters.